The zero-order valence-corrected chi connectivity index (χ0v) is 14.1. The van der Waals surface area contributed by atoms with Gasteiger partial charge in [-0.3, -0.25) is 0 Å². The standard InChI is InChI=1S/C16H22ClN3S/c1-3-10-20-11-9-19-16(20)14(18-4-2)12-21-15-8-6-5-7-13(15)17/h5-9,11,14,18H,3-4,10,12H2,1-2H3. The van der Waals surface area contributed by atoms with Gasteiger partial charge in [-0.2, -0.15) is 0 Å². The van der Waals surface area contributed by atoms with Gasteiger partial charge >= 0.3 is 0 Å². The highest BCUT2D eigenvalue weighted by atomic mass is 35.5. The van der Waals surface area contributed by atoms with Crippen LogP contribution in [0.5, 0.6) is 0 Å². The molecule has 0 amide bonds. The van der Waals surface area contributed by atoms with E-state index in [1.165, 1.54) is 0 Å². The second kappa shape index (κ2) is 8.47. The van der Waals surface area contributed by atoms with Gasteiger partial charge in [0.1, 0.15) is 5.82 Å². The zero-order chi connectivity index (χ0) is 15.1. The molecule has 0 aliphatic rings. The van der Waals surface area contributed by atoms with Crippen molar-refractivity contribution in [2.45, 2.75) is 37.8 Å². The number of halogens is 1. The number of imidazole rings is 1. The van der Waals surface area contributed by atoms with Gasteiger partial charge in [0.2, 0.25) is 0 Å². The smallest absolute Gasteiger partial charge is 0.126 e. The maximum Gasteiger partial charge on any atom is 0.126 e. The van der Waals surface area contributed by atoms with Crippen LogP contribution >= 0.6 is 23.4 Å². The maximum atomic E-state index is 6.23. The first kappa shape index (κ1) is 16.4. The zero-order valence-electron chi connectivity index (χ0n) is 12.6. The molecule has 1 heterocycles. The Morgan fingerprint density at radius 1 is 1.33 bits per heavy atom. The summed E-state index contributed by atoms with van der Waals surface area (Å²) in [6.07, 6.45) is 5.05. The van der Waals surface area contributed by atoms with Crippen molar-refractivity contribution in [3.05, 3.63) is 47.5 Å². The highest BCUT2D eigenvalue weighted by molar-refractivity contribution is 7.99. The molecule has 0 saturated carbocycles. The molecular weight excluding hydrogens is 302 g/mol. The lowest BCUT2D eigenvalue weighted by atomic mass is 10.3. The van der Waals surface area contributed by atoms with E-state index in [2.05, 4.69) is 41.0 Å². The molecule has 2 aromatic rings. The molecule has 1 unspecified atom stereocenters. The Kier molecular flexibility index (Phi) is 6.61. The van der Waals surface area contributed by atoms with Crippen LogP contribution in [0.1, 0.15) is 32.1 Å². The molecule has 0 radical (unpaired) electrons. The number of nitrogens with one attached hydrogen (secondary N) is 1. The van der Waals surface area contributed by atoms with E-state index in [9.17, 15) is 0 Å². The molecule has 3 nitrogen and oxygen atoms in total. The summed E-state index contributed by atoms with van der Waals surface area (Å²) in [6.45, 7) is 6.24. The SMILES string of the molecule is CCCn1ccnc1C(CSc1ccccc1Cl)NCC. The van der Waals surface area contributed by atoms with Gasteiger partial charge in [-0.15, -0.1) is 11.8 Å². The Morgan fingerprint density at radius 3 is 2.86 bits per heavy atom. The molecule has 0 saturated heterocycles. The number of nitrogens with zero attached hydrogens (tertiary/aromatic N) is 2. The molecule has 21 heavy (non-hydrogen) atoms. The molecule has 0 aliphatic carbocycles. The van der Waals surface area contributed by atoms with Crippen molar-refractivity contribution < 1.29 is 0 Å². The second-order valence-corrected chi connectivity index (χ2v) is 6.30. The van der Waals surface area contributed by atoms with Gasteiger partial charge in [0.15, 0.2) is 0 Å². The monoisotopic (exact) mass is 323 g/mol. The molecule has 1 aromatic heterocycles. The highest BCUT2D eigenvalue weighted by Gasteiger charge is 2.16. The number of thioether (sulfide) groups is 1. The van der Waals surface area contributed by atoms with Crippen LogP contribution in [-0.2, 0) is 6.54 Å². The van der Waals surface area contributed by atoms with Crippen molar-refractivity contribution in [1.82, 2.24) is 14.9 Å². The fraction of sp³-hybridized carbons (Fsp3) is 0.438. The van der Waals surface area contributed by atoms with Crippen molar-refractivity contribution in [2.75, 3.05) is 12.3 Å². The van der Waals surface area contributed by atoms with Crippen LogP contribution in [0.4, 0.5) is 0 Å². The molecule has 1 N–H and O–H groups in total. The summed E-state index contributed by atoms with van der Waals surface area (Å²) in [4.78, 5) is 5.66. The Bertz CT molecular complexity index is 556. The van der Waals surface area contributed by atoms with Crippen LogP contribution in [0, 0.1) is 0 Å². The molecule has 114 valence electrons. The van der Waals surface area contributed by atoms with Crippen molar-refractivity contribution in [1.29, 1.82) is 0 Å². The van der Waals surface area contributed by atoms with Crippen molar-refractivity contribution in [3.8, 4) is 0 Å². The summed E-state index contributed by atoms with van der Waals surface area (Å²) in [5.41, 5.74) is 0. The Hall–Kier alpha value is -0.970. The number of aryl methyl sites for hydroxylation is 1. The topological polar surface area (TPSA) is 29.9 Å². The minimum absolute atomic E-state index is 0.234. The average molecular weight is 324 g/mol. The molecule has 1 aromatic carbocycles. The van der Waals surface area contributed by atoms with E-state index >= 15 is 0 Å². The summed E-state index contributed by atoms with van der Waals surface area (Å²) in [5, 5.41) is 4.34. The predicted octanol–water partition coefficient (Wildman–Crippen LogP) is 4.39. The molecule has 0 aliphatic heterocycles. The fourth-order valence-electron chi connectivity index (χ4n) is 2.27. The van der Waals surface area contributed by atoms with Gasteiger partial charge < -0.3 is 9.88 Å². The van der Waals surface area contributed by atoms with E-state index in [0.29, 0.717) is 0 Å². The van der Waals surface area contributed by atoms with Crippen LogP contribution < -0.4 is 5.32 Å². The lowest BCUT2D eigenvalue weighted by Gasteiger charge is -2.19. The third-order valence-corrected chi connectivity index (χ3v) is 4.83. The Labute approximate surface area is 136 Å². The first-order chi connectivity index (χ1) is 10.3. The van der Waals surface area contributed by atoms with Crippen LogP contribution in [0.25, 0.3) is 0 Å². The van der Waals surface area contributed by atoms with Gasteiger partial charge in [0, 0.05) is 29.6 Å². The number of rotatable bonds is 8. The maximum absolute atomic E-state index is 6.23. The van der Waals surface area contributed by atoms with Crippen LogP contribution in [0.3, 0.4) is 0 Å². The molecule has 5 heteroatoms. The highest BCUT2D eigenvalue weighted by Crippen LogP contribution is 2.29. The first-order valence-corrected chi connectivity index (χ1v) is 8.74. The first-order valence-electron chi connectivity index (χ1n) is 7.38. The third-order valence-electron chi connectivity index (χ3n) is 3.22. The van der Waals surface area contributed by atoms with E-state index in [4.69, 9.17) is 11.6 Å². The predicted molar refractivity (Wildman–Crippen MR) is 91.1 cm³/mol. The second-order valence-electron chi connectivity index (χ2n) is 4.83. The van der Waals surface area contributed by atoms with E-state index in [1.807, 2.05) is 24.4 Å². The number of benzene rings is 1. The van der Waals surface area contributed by atoms with Crippen LogP contribution in [-0.4, -0.2) is 21.8 Å². The molecule has 0 bridgehead atoms. The van der Waals surface area contributed by atoms with E-state index in [1.54, 1.807) is 11.8 Å². The number of hydrogen-bond acceptors (Lipinski definition) is 3. The summed E-state index contributed by atoms with van der Waals surface area (Å²) in [6, 6.07) is 8.22. The third kappa shape index (κ3) is 4.50. The van der Waals surface area contributed by atoms with E-state index < -0.39 is 0 Å². The van der Waals surface area contributed by atoms with Gasteiger partial charge in [0.25, 0.3) is 0 Å². The summed E-state index contributed by atoms with van der Waals surface area (Å²) in [5.74, 6) is 2.02. The molecule has 0 spiro atoms. The van der Waals surface area contributed by atoms with Gasteiger partial charge in [-0.25, -0.2) is 4.98 Å². The summed E-state index contributed by atoms with van der Waals surface area (Å²) < 4.78 is 2.24. The molecule has 0 fully saturated rings. The van der Waals surface area contributed by atoms with E-state index in [0.717, 1.165) is 41.0 Å². The fourth-order valence-corrected chi connectivity index (χ4v) is 3.56. The van der Waals surface area contributed by atoms with E-state index in [-0.39, 0.29) is 6.04 Å². The quantitative estimate of drug-likeness (QED) is 0.731. The van der Waals surface area contributed by atoms with Crippen LogP contribution in [0.2, 0.25) is 5.02 Å². The summed E-state index contributed by atoms with van der Waals surface area (Å²) >= 11 is 8.00. The molecule has 2 rings (SSSR count). The molecule has 1 atom stereocenters. The minimum Gasteiger partial charge on any atom is -0.334 e. The lowest BCUT2D eigenvalue weighted by molar-refractivity contribution is 0.527. The minimum atomic E-state index is 0.234. The largest absolute Gasteiger partial charge is 0.334 e. The average Bonchev–Trinajstić information content (AvgIpc) is 2.93. The summed E-state index contributed by atoms with van der Waals surface area (Å²) in [7, 11) is 0. The van der Waals surface area contributed by atoms with Crippen LogP contribution in [0.15, 0.2) is 41.6 Å². The number of hydrogen-bond donors (Lipinski definition) is 1. The van der Waals surface area contributed by atoms with Gasteiger partial charge in [-0.05, 0) is 25.1 Å². The Morgan fingerprint density at radius 2 is 2.14 bits per heavy atom. The lowest BCUT2D eigenvalue weighted by Crippen LogP contribution is -2.26. The van der Waals surface area contributed by atoms with Gasteiger partial charge in [0.05, 0.1) is 11.1 Å². The van der Waals surface area contributed by atoms with Gasteiger partial charge in [-0.1, -0.05) is 37.6 Å². The van der Waals surface area contributed by atoms with Crippen molar-refractivity contribution in [3.63, 3.8) is 0 Å². The van der Waals surface area contributed by atoms with Crippen molar-refractivity contribution >= 4 is 23.4 Å². The number of aromatic nitrogens is 2. The Balaban J connectivity index is 2.08. The normalized spacial score (nSPS) is 12.5. The van der Waals surface area contributed by atoms with Crippen molar-refractivity contribution in [2.24, 2.45) is 0 Å². The molecular formula is C16H22ClN3S.